The van der Waals surface area contributed by atoms with Crippen LogP contribution in [-0.2, 0) is 4.74 Å². The molecule has 0 saturated carbocycles. The Morgan fingerprint density at radius 3 is 2.85 bits per heavy atom. The molecule has 3 aromatic rings. The van der Waals surface area contributed by atoms with E-state index in [1.165, 1.54) is 0 Å². The third kappa shape index (κ3) is 2.61. The minimum atomic E-state index is 0.176. The quantitative estimate of drug-likeness (QED) is 0.431. The molecule has 1 aromatic carbocycles. The van der Waals surface area contributed by atoms with Gasteiger partial charge in [-0.1, -0.05) is 11.6 Å². The Bertz CT molecular complexity index is 672. The largest absolute Gasteiger partial charge is 0.363 e. The molecular formula is C13H14ClN5O. The summed E-state index contributed by atoms with van der Waals surface area (Å²) >= 11 is 5.43. The maximum absolute atomic E-state index is 5.43. The molecule has 0 radical (unpaired) electrons. The summed E-state index contributed by atoms with van der Waals surface area (Å²) in [6.45, 7) is 2.35. The lowest BCUT2D eigenvalue weighted by atomic mass is 10.2. The highest BCUT2D eigenvalue weighted by Gasteiger charge is 2.07. The predicted octanol–water partition coefficient (Wildman–Crippen LogP) is 2.62. The van der Waals surface area contributed by atoms with Crippen LogP contribution in [0.2, 0.25) is 0 Å². The number of aryl methyl sites for hydroxylation is 1. The van der Waals surface area contributed by atoms with E-state index < -0.39 is 0 Å². The van der Waals surface area contributed by atoms with E-state index in [0.717, 1.165) is 22.6 Å². The van der Waals surface area contributed by atoms with Gasteiger partial charge in [0.25, 0.3) is 0 Å². The number of aromatic amines is 1. The third-order valence-corrected chi connectivity index (χ3v) is 3.01. The van der Waals surface area contributed by atoms with E-state index in [9.17, 15) is 0 Å². The first-order valence-corrected chi connectivity index (χ1v) is 6.70. The van der Waals surface area contributed by atoms with Crippen LogP contribution in [0.25, 0.3) is 17.0 Å². The van der Waals surface area contributed by atoms with Gasteiger partial charge in [-0.3, -0.25) is 5.10 Å². The summed E-state index contributed by atoms with van der Waals surface area (Å²) < 4.78 is 6.69. The standard InChI is InChI=1S/C13H14ClN5O/c1-9-6-12-16-13(18-19(12)17-9)10-2-4-11(5-3-10)15-8-20-7-14/h2-6,15,17H,7-8H2,1H3. The van der Waals surface area contributed by atoms with Crippen molar-refractivity contribution in [2.75, 3.05) is 18.1 Å². The summed E-state index contributed by atoms with van der Waals surface area (Å²) in [6.07, 6.45) is 0. The maximum atomic E-state index is 5.43. The zero-order chi connectivity index (χ0) is 13.9. The van der Waals surface area contributed by atoms with E-state index >= 15 is 0 Å². The number of fused-ring (bicyclic) bond motifs is 1. The molecule has 0 spiro atoms. The fourth-order valence-electron chi connectivity index (χ4n) is 1.93. The fourth-order valence-corrected chi connectivity index (χ4v) is 2.00. The molecule has 0 atom stereocenters. The lowest BCUT2D eigenvalue weighted by Crippen LogP contribution is -2.04. The van der Waals surface area contributed by atoms with Crippen molar-refractivity contribution in [2.45, 2.75) is 6.92 Å². The van der Waals surface area contributed by atoms with Gasteiger partial charge in [0, 0.05) is 23.0 Å². The third-order valence-electron chi connectivity index (χ3n) is 2.86. The van der Waals surface area contributed by atoms with Gasteiger partial charge in [0.1, 0.15) is 12.8 Å². The van der Waals surface area contributed by atoms with E-state index in [-0.39, 0.29) is 6.07 Å². The molecule has 0 fully saturated rings. The summed E-state index contributed by atoms with van der Waals surface area (Å²) in [7, 11) is 0. The predicted molar refractivity (Wildman–Crippen MR) is 77.8 cm³/mol. The molecule has 2 aromatic heterocycles. The number of ether oxygens (including phenoxy) is 1. The number of nitrogens with zero attached hydrogens (tertiary/aromatic N) is 3. The first-order chi connectivity index (χ1) is 9.76. The Hall–Kier alpha value is -2.05. The van der Waals surface area contributed by atoms with Crippen molar-refractivity contribution < 1.29 is 4.74 Å². The number of hydrogen-bond donors (Lipinski definition) is 2. The first kappa shape index (κ1) is 13.0. The van der Waals surface area contributed by atoms with Crippen LogP contribution in [0.4, 0.5) is 5.69 Å². The smallest absolute Gasteiger partial charge is 0.183 e. The van der Waals surface area contributed by atoms with Crippen LogP contribution in [0.15, 0.2) is 30.3 Å². The first-order valence-electron chi connectivity index (χ1n) is 6.16. The van der Waals surface area contributed by atoms with Crippen molar-refractivity contribution >= 4 is 22.9 Å². The van der Waals surface area contributed by atoms with Crippen molar-refractivity contribution in [3.63, 3.8) is 0 Å². The number of hydrogen-bond acceptors (Lipinski definition) is 4. The SMILES string of the molecule is Cc1cc2nc(-c3ccc(NCOCCl)cc3)nn2[nH]1. The molecule has 0 aliphatic carbocycles. The molecule has 20 heavy (non-hydrogen) atoms. The van der Waals surface area contributed by atoms with Crippen molar-refractivity contribution in [1.82, 2.24) is 19.8 Å². The van der Waals surface area contributed by atoms with E-state index in [1.807, 2.05) is 37.3 Å². The monoisotopic (exact) mass is 291 g/mol. The van der Waals surface area contributed by atoms with Gasteiger partial charge in [0.05, 0.1) is 0 Å². The summed E-state index contributed by atoms with van der Waals surface area (Å²) in [4.78, 5) is 4.47. The number of benzene rings is 1. The number of anilines is 1. The average molecular weight is 292 g/mol. The number of rotatable bonds is 5. The molecule has 0 aliphatic rings. The van der Waals surface area contributed by atoms with E-state index in [0.29, 0.717) is 12.6 Å². The van der Waals surface area contributed by atoms with Crippen LogP contribution in [0.1, 0.15) is 5.69 Å². The van der Waals surface area contributed by atoms with Crippen LogP contribution in [0.5, 0.6) is 0 Å². The van der Waals surface area contributed by atoms with Gasteiger partial charge in [-0.2, -0.15) is 4.63 Å². The van der Waals surface area contributed by atoms with Gasteiger partial charge in [-0.05, 0) is 31.2 Å². The second-order valence-corrected chi connectivity index (χ2v) is 4.57. The van der Waals surface area contributed by atoms with E-state index in [2.05, 4.69) is 20.5 Å². The molecule has 3 rings (SSSR count). The Morgan fingerprint density at radius 1 is 1.35 bits per heavy atom. The maximum Gasteiger partial charge on any atom is 0.183 e. The molecule has 0 saturated heterocycles. The topological polar surface area (TPSA) is 67.2 Å². The lowest BCUT2D eigenvalue weighted by Gasteiger charge is -2.05. The van der Waals surface area contributed by atoms with Crippen LogP contribution in [0, 0.1) is 6.92 Å². The number of alkyl halides is 1. The molecule has 0 bridgehead atoms. The lowest BCUT2D eigenvalue weighted by molar-refractivity contribution is 0.200. The molecule has 0 unspecified atom stereocenters. The summed E-state index contributed by atoms with van der Waals surface area (Å²) in [5, 5.41) is 10.6. The van der Waals surface area contributed by atoms with Crippen LogP contribution in [0.3, 0.4) is 0 Å². The van der Waals surface area contributed by atoms with Gasteiger partial charge in [-0.15, -0.1) is 5.10 Å². The summed E-state index contributed by atoms with van der Waals surface area (Å²) in [6, 6.07) is 9.96. The highest BCUT2D eigenvalue weighted by atomic mass is 35.5. The normalized spacial score (nSPS) is 11.1. The molecule has 7 heteroatoms. The minimum absolute atomic E-state index is 0.176. The number of halogens is 1. The Morgan fingerprint density at radius 2 is 2.15 bits per heavy atom. The average Bonchev–Trinajstić information content (AvgIpc) is 2.97. The van der Waals surface area contributed by atoms with Crippen LogP contribution < -0.4 is 5.32 Å². The molecule has 0 aliphatic heterocycles. The van der Waals surface area contributed by atoms with Gasteiger partial charge < -0.3 is 10.1 Å². The summed E-state index contributed by atoms with van der Waals surface area (Å²) in [5.41, 5.74) is 3.77. The molecule has 2 heterocycles. The highest BCUT2D eigenvalue weighted by molar-refractivity contribution is 6.17. The number of H-pyrrole nitrogens is 1. The Balaban J connectivity index is 1.77. The van der Waals surface area contributed by atoms with Gasteiger partial charge >= 0.3 is 0 Å². The molecule has 6 nitrogen and oxygen atoms in total. The van der Waals surface area contributed by atoms with Crippen LogP contribution in [-0.4, -0.2) is 32.6 Å². The molecule has 104 valence electrons. The van der Waals surface area contributed by atoms with Crippen molar-refractivity contribution in [3.05, 3.63) is 36.0 Å². The fraction of sp³-hybridized carbons (Fsp3) is 0.231. The Kier molecular flexibility index (Phi) is 3.58. The van der Waals surface area contributed by atoms with Gasteiger partial charge in [0.2, 0.25) is 0 Å². The zero-order valence-electron chi connectivity index (χ0n) is 10.9. The Labute approximate surface area is 120 Å². The highest BCUT2D eigenvalue weighted by Crippen LogP contribution is 2.19. The zero-order valence-corrected chi connectivity index (χ0v) is 11.7. The van der Waals surface area contributed by atoms with Crippen molar-refractivity contribution in [2.24, 2.45) is 0 Å². The molecule has 2 N–H and O–H groups in total. The van der Waals surface area contributed by atoms with E-state index in [1.54, 1.807) is 4.63 Å². The number of aromatic nitrogens is 4. The summed E-state index contributed by atoms with van der Waals surface area (Å²) in [5.74, 6) is 0.694. The molecule has 0 amide bonds. The van der Waals surface area contributed by atoms with Crippen molar-refractivity contribution in [1.29, 1.82) is 0 Å². The van der Waals surface area contributed by atoms with Gasteiger partial charge in [0.15, 0.2) is 11.5 Å². The van der Waals surface area contributed by atoms with Gasteiger partial charge in [-0.25, -0.2) is 4.98 Å². The minimum Gasteiger partial charge on any atom is -0.363 e. The molecular weight excluding hydrogens is 278 g/mol. The van der Waals surface area contributed by atoms with Crippen LogP contribution >= 0.6 is 11.6 Å². The number of nitrogens with one attached hydrogen (secondary N) is 2. The second kappa shape index (κ2) is 5.52. The van der Waals surface area contributed by atoms with E-state index in [4.69, 9.17) is 16.3 Å². The van der Waals surface area contributed by atoms with Crippen molar-refractivity contribution in [3.8, 4) is 11.4 Å². The second-order valence-electron chi connectivity index (χ2n) is 4.36.